The maximum atomic E-state index is 5.47. The zero-order valence-electron chi connectivity index (χ0n) is 13.1. The number of rotatable bonds is 6. The van der Waals surface area contributed by atoms with Gasteiger partial charge in [-0.05, 0) is 32.5 Å². The first-order valence-electron chi connectivity index (χ1n) is 7.81. The number of nitrogens with zero attached hydrogens (tertiary/aromatic N) is 1. The first kappa shape index (κ1) is 15.3. The van der Waals surface area contributed by atoms with Crippen LogP contribution >= 0.6 is 0 Å². The highest BCUT2D eigenvalue weighted by Crippen LogP contribution is 2.26. The van der Waals surface area contributed by atoms with E-state index in [4.69, 9.17) is 4.74 Å². The number of hydrogen-bond donors (Lipinski definition) is 1. The Bertz CT molecular complexity index is 406. The van der Waals surface area contributed by atoms with E-state index in [0.717, 1.165) is 18.8 Å². The van der Waals surface area contributed by atoms with Crippen molar-refractivity contribution < 1.29 is 4.74 Å². The Balaban J connectivity index is 2.03. The van der Waals surface area contributed by atoms with E-state index in [1.165, 1.54) is 31.2 Å². The van der Waals surface area contributed by atoms with Crippen LogP contribution < -0.4 is 10.1 Å². The molecule has 20 heavy (non-hydrogen) atoms. The number of methoxy groups -OCH3 is 1. The van der Waals surface area contributed by atoms with Gasteiger partial charge in [0.2, 0.25) is 0 Å². The Morgan fingerprint density at radius 1 is 1.25 bits per heavy atom. The molecule has 0 amide bonds. The average Bonchev–Trinajstić information content (AvgIpc) is 2.48. The SMILES string of the molecule is CCNC1CCCCC1N(C)Cc1ccccc1OC. The smallest absolute Gasteiger partial charge is 0.123 e. The molecule has 0 saturated heterocycles. The molecule has 1 saturated carbocycles. The van der Waals surface area contributed by atoms with E-state index in [1.54, 1.807) is 7.11 Å². The molecule has 112 valence electrons. The summed E-state index contributed by atoms with van der Waals surface area (Å²) in [5.41, 5.74) is 1.28. The number of para-hydroxylation sites is 1. The highest BCUT2D eigenvalue weighted by molar-refractivity contribution is 5.33. The predicted octanol–water partition coefficient (Wildman–Crippen LogP) is 3.05. The van der Waals surface area contributed by atoms with Crippen LogP contribution in [0.15, 0.2) is 24.3 Å². The number of benzene rings is 1. The van der Waals surface area contributed by atoms with Gasteiger partial charge in [0.05, 0.1) is 7.11 Å². The molecule has 0 aromatic heterocycles. The summed E-state index contributed by atoms with van der Waals surface area (Å²) in [7, 11) is 3.99. The molecule has 1 fully saturated rings. The summed E-state index contributed by atoms with van der Waals surface area (Å²) >= 11 is 0. The highest BCUT2D eigenvalue weighted by Gasteiger charge is 2.27. The minimum absolute atomic E-state index is 0.633. The van der Waals surface area contributed by atoms with Crippen molar-refractivity contribution >= 4 is 0 Å². The normalized spacial score (nSPS) is 23.0. The Hall–Kier alpha value is -1.06. The van der Waals surface area contributed by atoms with Crippen molar-refractivity contribution in [3.63, 3.8) is 0 Å². The Morgan fingerprint density at radius 2 is 2.00 bits per heavy atom. The van der Waals surface area contributed by atoms with Gasteiger partial charge < -0.3 is 10.1 Å². The molecule has 3 nitrogen and oxygen atoms in total. The predicted molar refractivity (Wildman–Crippen MR) is 84.2 cm³/mol. The minimum atomic E-state index is 0.633. The van der Waals surface area contributed by atoms with Crippen LogP contribution in [0, 0.1) is 0 Å². The van der Waals surface area contributed by atoms with Crippen LogP contribution in [-0.4, -0.2) is 37.7 Å². The van der Waals surface area contributed by atoms with Crippen molar-refractivity contribution in [2.24, 2.45) is 0 Å². The highest BCUT2D eigenvalue weighted by atomic mass is 16.5. The van der Waals surface area contributed by atoms with E-state index in [1.807, 2.05) is 12.1 Å². The third-order valence-corrected chi connectivity index (χ3v) is 4.37. The zero-order valence-corrected chi connectivity index (χ0v) is 13.1. The average molecular weight is 276 g/mol. The molecular weight excluding hydrogens is 248 g/mol. The van der Waals surface area contributed by atoms with E-state index in [-0.39, 0.29) is 0 Å². The molecule has 2 rings (SSSR count). The molecule has 0 heterocycles. The minimum Gasteiger partial charge on any atom is -0.496 e. The third kappa shape index (κ3) is 3.74. The van der Waals surface area contributed by atoms with Crippen molar-refractivity contribution in [2.75, 3.05) is 20.7 Å². The van der Waals surface area contributed by atoms with Crippen LogP contribution in [0.4, 0.5) is 0 Å². The van der Waals surface area contributed by atoms with E-state index in [0.29, 0.717) is 12.1 Å². The molecule has 2 unspecified atom stereocenters. The number of likely N-dealkylation sites (N-methyl/N-ethyl adjacent to an activating group) is 2. The van der Waals surface area contributed by atoms with Crippen LogP contribution in [0.3, 0.4) is 0 Å². The Labute approximate surface area is 123 Å². The van der Waals surface area contributed by atoms with Gasteiger partial charge in [-0.2, -0.15) is 0 Å². The van der Waals surface area contributed by atoms with Crippen LogP contribution in [0.25, 0.3) is 0 Å². The molecule has 1 aliphatic rings. The van der Waals surface area contributed by atoms with Crippen LogP contribution in [0.1, 0.15) is 38.2 Å². The van der Waals surface area contributed by atoms with E-state index in [2.05, 4.69) is 36.3 Å². The van der Waals surface area contributed by atoms with Crippen LogP contribution in [0.5, 0.6) is 5.75 Å². The molecule has 0 bridgehead atoms. The second kappa shape index (κ2) is 7.65. The maximum Gasteiger partial charge on any atom is 0.123 e. The topological polar surface area (TPSA) is 24.5 Å². The van der Waals surface area contributed by atoms with Gasteiger partial charge in [-0.25, -0.2) is 0 Å². The number of ether oxygens (including phenoxy) is 1. The van der Waals surface area contributed by atoms with E-state index >= 15 is 0 Å². The molecule has 1 aromatic carbocycles. The lowest BCUT2D eigenvalue weighted by Gasteiger charge is -2.38. The molecule has 0 radical (unpaired) electrons. The van der Waals surface area contributed by atoms with Gasteiger partial charge in [-0.15, -0.1) is 0 Å². The second-order valence-corrected chi connectivity index (χ2v) is 5.74. The fraction of sp³-hybridized carbons (Fsp3) is 0.647. The molecule has 1 aromatic rings. The van der Waals surface area contributed by atoms with Crippen molar-refractivity contribution in [3.8, 4) is 5.75 Å². The second-order valence-electron chi connectivity index (χ2n) is 5.74. The van der Waals surface area contributed by atoms with Gasteiger partial charge in [0.25, 0.3) is 0 Å². The molecule has 1 aliphatic carbocycles. The quantitative estimate of drug-likeness (QED) is 0.864. The van der Waals surface area contributed by atoms with Crippen molar-refractivity contribution in [1.29, 1.82) is 0 Å². The summed E-state index contributed by atoms with van der Waals surface area (Å²) in [4.78, 5) is 2.49. The number of hydrogen-bond acceptors (Lipinski definition) is 3. The summed E-state index contributed by atoms with van der Waals surface area (Å²) in [6.45, 7) is 4.21. The van der Waals surface area contributed by atoms with Crippen molar-refractivity contribution in [1.82, 2.24) is 10.2 Å². The van der Waals surface area contributed by atoms with Crippen molar-refractivity contribution in [3.05, 3.63) is 29.8 Å². The van der Waals surface area contributed by atoms with Gasteiger partial charge in [0, 0.05) is 24.2 Å². The number of nitrogens with one attached hydrogen (secondary N) is 1. The van der Waals surface area contributed by atoms with Gasteiger partial charge in [-0.3, -0.25) is 4.90 Å². The van der Waals surface area contributed by atoms with Gasteiger partial charge >= 0.3 is 0 Å². The fourth-order valence-electron chi connectivity index (χ4n) is 3.36. The fourth-order valence-corrected chi connectivity index (χ4v) is 3.36. The molecule has 2 atom stereocenters. The lowest BCUT2D eigenvalue weighted by atomic mass is 9.89. The Morgan fingerprint density at radius 3 is 2.75 bits per heavy atom. The van der Waals surface area contributed by atoms with E-state index < -0.39 is 0 Å². The van der Waals surface area contributed by atoms with Gasteiger partial charge in [0.15, 0.2) is 0 Å². The van der Waals surface area contributed by atoms with Crippen LogP contribution in [-0.2, 0) is 6.54 Å². The first-order valence-corrected chi connectivity index (χ1v) is 7.81. The summed E-state index contributed by atoms with van der Waals surface area (Å²) in [5.74, 6) is 0.996. The summed E-state index contributed by atoms with van der Waals surface area (Å²) in [5, 5.41) is 3.66. The van der Waals surface area contributed by atoms with Crippen molar-refractivity contribution in [2.45, 2.75) is 51.2 Å². The van der Waals surface area contributed by atoms with Gasteiger partial charge in [-0.1, -0.05) is 38.0 Å². The molecule has 3 heteroatoms. The standard InChI is InChI=1S/C17H28N2O/c1-4-18-15-10-6-7-11-16(15)19(2)13-14-9-5-8-12-17(14)20-3/h5,8-9,12,15-16,18H,4,6-7,10-11,13H2,1-3H3. The lowest BCUT2D eigenvalue weighted by Crippen LogP contribution is -2.50. The molecule has 0 aliphatic heterocycles. The maximum absolute atomic E-state index is 5.47. The first-order chi connectivity index (χ1) is 9.76. The van der Waals surface area contributed by atoms with E-state index in [9.17, 15) is 0 Å². The monoisotopic (exact) mass is 276 g/mol. The third-order valence-electron chi connectivity index (χ3n) is 4.37. The summed E-state index contributed by atoms with van der Waals surface area (Å²) in [6.07, 6.45) is 5.30. The lowest BCUT2D eigenvalue weighted by molar-refractivity contribution is 0.143. The van der Waals surface area contributed by atoms with Gasteiger partial charge in [0.1, 0.15) is 5.75 Å². The molecular formula is C17H28N2O. The summed E-state index contributed by atoms with van der Waals surface area (Å²) < 4.78 is 5.47. The molecule has 1 N–H and O–H groups in total. The molecule has 0 spiro atoms. The Kier molecular flexibility index (Phi) is 5.86. The summed E-state index contributed by atoms with van der Waals surface area (Å²) in [6, 6.07) is 9.60. The zero-order chi connectivity index (χ0) is 14.4. The largest absolute Gasteiger partial charge is 0.496 e. The van der Waals surface area contributed by atoms with Crippen LogP contribution in [0.2, 0.25) is 0 Å².